The molecule has 1 fully saturated rings. The third-order valence-corrected chi connectivity index (χ3v) is 3.83. The van der Waals surface area contributed by atoms with E-state index < -0.39 is 0 Å². The molecule has 0 amide bonds. The van der Waals surface area contributed by atoms with Gasteiger partial charge in [-0.05, 0) is 20.5 Å². The van der Waals surface area contributed by atoms with Gasteiger partial charge in [0.1, 0.15) is 5.84 Å². The highest BCUT2D eigenvalue weighted by Crippen LogP contribution is 2.12. The van der Waals surface area contributed by atoms with Gasteiger partial charge in [0.25, 0.3) is 0 Å². The van der Waals surface area contributed by atoms with Crippen LogP contribution in [-0.4, -0.2) is 85.1 Å². The summed E-state index contributed by atoms with van der Waals surface area (Å²) in [4.78, 5) is 7.19. The largest absolute Gasteiger partial charge is 0.409 e. The van der Waals surface area contributed by atoms with Crippen molar-refractivity contribution in [2.45, 2.75) is 25.8 Å². The lowest BCUT2D eigenvalue weighted by molar-refractivity contribution is 0.0917. The van der Waals surface area contributed by atoms with Crippen LogP contribution in [-0.2, 0) is 0 Å². The fourth-order valence-electron chi connectivity index (χ4n) is 2.51. The van der Waals surface area contributed by atoms with Crippen LogP contribution in [0.5, 0.6) is 0 Å². The van der Waals surface area contributed by atoms with Gasteiger partial charge < -0.3 is 15.8 Å². The van der Waals surface area contributed by atoms with Crippen LogP contribution >= 0.6 is 0 Å². The molecule has 6 nitrogen and oxygen atoms in total. The first kappa shape index (κ1) is 16.2. The number of nitrogens with two attached hydrogens (primary N) is 1. The topological polar surface area (TPSA) is 68.3 Å². The normalized spacial score (nSPS) is 20.9. The Labute approximate surface area is 116 Å². The van der Waals surface area contributed by atoms with E-state index in [2.05, 4.69) is 40.9 Å². The van der Waals surface area contributed by atoms with E-state index in [9.17, 15) is 0 Å². The van der Waals surface area contributed by atoms with E-state index in [1.165, 1.54) is 0 Å². The van der Waals surface area contributed by atoms with Gasteiger partial charge in [0, 0.05) is 51.7 Å². The quantitative estimate of drug-likeness (QED) is 0.297. The molecule has 0 aromatic carbocycles. The Morgan fingerprint density at radius 2 is 1.95 bits per heavy atom. The minimum absolute atomic E-state index is 0.335. The monoisotopic (exact) mass is 271 g/mol. The second-order valence-corrected chi connectivity index (χ2v) is 5.54. The predicted molar refractivity (Wildman–Crippen MR) is 78.7 cm³/mol. The van der Waals surface area contributed by atoms with Crippen LogP contribution in [0.1, 0.15) is 19.8 Å². The Morgan fingerprint density at radius 1 is 1.32 bits per heavy atom. The third kappa shape index (κ3) is 5.76. The highest BCUT2D eigenvalue weighted by Gasteiger charge is 2.23. The zero-order valence-electron chi connectivity index (χ0n) is 12.5. The number of hydrogen-bond donors (Lipinski definition) is 2. The van der Waals surface area contributed by atoms with Gasteiger partial charge in [-0.2, -0.15) is 0 Å². The average Bonchev–Trinajstić information content (AvgIpc) is 2.42. The van der Waals surface area contributed by atoms with Crippen LogP contribution < -0.4 is 5.73 Å². The minimum atomic E-state index is 0.335. The van der Waals surface area contributed by atoms with E-state index in [-0.39, 0.29) is 0 Å². The first-order valence-electron chi connectivity index (χ1n) is 7.14. The second-order valence-electron chi connectivity index (χ2n) is 5.54. The summed E-state index contributed by atoms with van der Waals surface area (Å²) < 4.78 is 0. The minimum Gasteiger partial charge on any atom is -0.409 e. The average molecular weight is 271 g/mol. The summed E-state index contributed by atoms with van der Waals surface area (Å²) in [7, 11) is 4.22. The molecule has 1 aliphatic rings. The van der Waals surface area contributed by atoms with Gasteiger partial charge in [0.15, 0.2) is 0 Å². The van der Waals surface area contributed by atoms with E-state index in [0.717, 1.165) is 45.7 Å². The van der Waals surface area contributed by atoms with E-state index in [1.54, 1.807) is 0 Å². The molecule has 0 radical (unpaired) electrons. The Kier molecular flexibility index (Phi) is 7.12. The summed E-state index contributed by atoms with van der Waals surface area (Å²) in [6.45, 7) is 8.78. The maximum Gasteiger partial charge on any atom is 0.140 e. The van der Waals surface area contributed by atoms with Crippen molar-refractivity contribution in [3.05, 3.63) is 0 Å². The van der Waals surface area contributed by atoms with Crippen LogP contribution in [0.15, 0.2) is 5.16 Å². The number of hydrogen-bond acceptors (Lipinski definition) is 5. The highest BCUT2D eigenvalue weighted by atomic mass is 16.4. The van der Waals surface area contributed by atoms with E-state index >= 15 is 0 Å². The van der Waals surface area contributed by atoms with Crippen LogP contribution in [0, 0.1) is 0 Å². The first-order chi connectivity index (χ1) is 9.06. The molecular formula is C13H29N5O. The summed E-state index contributed by atoms with van der Waals surface area (Å²) >= 11 is 0. The second kappa shape index (κ2) is 8.35. The maximum absolute atomic E-state index is 8.67. The molecule has 0 aromatic rings. The molecule has 1 saturated heterocycles. The number of rotatable bonds is 7. The summed E-state index contributed by atoms with van der Waals surface area (Å²) in [5.41, 5.74) is 5.62. The van der Waals surface area contributed by atoms with Gasteiger partial charge >= 0.3 is 0 Å². The van der Waals surface area contributed by atoms with Gasteiger partial charge in [-0.25, -0.2) is 0 Å². The smallest absolute Gasteiger partial charge is 0.140 e. The Balaban J connectivity index is 2.34. The lowest BCUT2D eigenvalue weighted by Gasteiger charge is -2.39. The van der Waals surface area contributed by atoms with Gasteiger partial charge in [-0.3, -0.25) is 9.80 Å². The van der Waals surface area contributed by atoms with Crippen molar-refractivity contribution < 1.29 is 5.21 Å². The number of likely N-dealkylation sites (N-methyl/N-ethyl adjacent to an activating group) is 1. The SMILES string of the molecule is CCC(CC(N)=NO)N1CCN(CCN(C)C)CC1. The molecule has 6 heteroatoms. The van der Waals surface area contributed by atoms with Crippen LogP contribution in [0.3, 0.4) is 0 Å². The van der Waals surface area contributed by atoms with Crippen molar-refractivity contribution in [2.75, 3.05) is 53.4 Å². The Bertz CT molecular complexity index is 274. The zero-order chi connectivity index (χ0) is 14.3. The molecule has 0 spiro atoms. The van der Waals surface area contributed by atoms with Crippen LogP contribution in [0.4, 0.5) is 0 Å². The van der Waals surface area contributed by atoms with Gasteiger partial charge in [0.05, 0.1) is 0 Å². The summed E-state index contributed by atoms with van der Waals surface area (Å²) in [6.07, 6.45) is 1.69. The number of amidine groups is 1. The fraction of sp³-hybridized carbons (Fsp3) is 0.923. The Morgan fingerprint density at radius 3 is 2.42 bits per heavy atom. The first-order valence-corrected chi connectivity index (χ1v) is 7.14. The number of nitrogens with zero attached hydrogens (tertiary/aromatic N) is 4. The maximum atomic E-state index is 8.67. The molecule has 112 valence electrons. The summed E-state index contributed by atoms with van der Waals surface area (Å²) in [5, 5.41) is 11.8. The third-order valence-electron chi connectivity index (χ3n) is 3.83. The molecule has 1 atom stereocenters. The van der Waals surface area contributed by atoms with Crippen LogP contribution in [0.2, 0.25) is 0 Å². The van der Waals surface area contributed by atoms with Crippen molar-refractivity contribution in [3.63, 3.8) is 0 Å². The highest BCUT2D eigenvalue weighted by molar-refractivity contribution is 5.80. The molecule has 1 aliphatic heterocycles. The fourth-order valence-corrected chi connectivity index (χ4v) is 2.51. The van der Waals surface area contributed by atoms with E-state index in [1.807, 2.05) is 0 Å². The van der Waals surface area contributed by atoms with Crippen LogP contribution in [0.25, 0.3) is 0 Å². The lowest BCUT2D eigenvalue weighted by Crippen LogP contribution is -2.51. The number of oxime groups is 1. The van der Waals surface area contributed by atoms with Gasteiger partial charge in [0.2, 0.25) is 0 Å². The predicted octanol–water partition coefficient (Wildman–Crippen LogP) is 0.0807. The zero-order valence-corrected chi connectivity index (χ0v) is 12.5. The molecule has 3 N–H and O–H groups in total. The standard InChI is InChI=1S/C13H29N5O/c1-4-12(11-13(14)15-19)18-9-7-17(8-10-18)6-5-16(2)3/h12,19H,4-11H2,1-3H3,(H2,14,15). The Hall–Kier alpha value is -0.850. The van der Waals surface area contributed by atoms with Crippen molar-refractivity contribution in [2.24, 2.45) is 10.9 Å². The van der Waals surface area contributed by atoms with Crippen molar-refractivity contribution in [1.29, 1.82) is 0 Å². The molecular weight excluding hydrogens is 242 g/mol. The lowest BCUT2D eigenvalue weighted by atomic mass is 10.1. The molecule has 0 aliphatic carbocycles. The van der Waals surface area contributed by atoms with Crippen molar-refractivity contribution >= 4 is 5.84 Å². The van der Waals surface area contributed by atoms with E-state index in [4.69, 9.17) is 10.9 Å². The molecule has 1 unspecified atom stereocenters. The molecule has 0 aromatic heterocycles. The van der Waals surface area contributed by atoms with E-state index in [0.29, 0.717) is 18.3 Å². The molecule has 1 rings (SSSR count). The summed E-state index contributed by atoms with van der Waals surface area (Å²) in [5.74, 6) is 0.335. The molecule has 1 heterocycles. The van der Waals surface area contributed by atoms with Gasteiger partial charge in [-0.15, -0.1) is 0 Å². The summed E-state index contributed by atoms with van der Waals surface area (Å²) in [6, 6.07) is 0.395. The number of piperazine rings is 1. The van der Waals surface area contributed by atoms with Crippen molar-refractivity contribution in [3.8, 4) is 0 Å². The molecule has 0 bridgehead atoms. The molecule has 0 saturated carbocycles. The molecule has 19 heavy (non-hydrogen) atoms. The van der Waals surface area contributed by atoms with Gasteiger partial charge in [-0.1, -0.05) is 12.1 Å². The van der Waals surface area contributed by atoms with Crippen molar-refractivity contribution in [1.82, 2.24) is 14.7 Å².